The maximum absolute atomic E-state index is 12.3. The van der Waals surface area contributed by atoms with Gasteiger partial charge in [-0.25, -0.2) is 4.68 Å². The van der Waals surface area contributed by atoms with Crippen molar-refractivity contribution in [2.24, 2.45) is 0 Å². The molecule has 0 aliphatic carbocycles. The number of nitro groups is 1. The molecule has 0 fully saturated rings. The van der Waals surface area contributed by atoms with E-state index in [0.29, 0.717) is 23.7 Å². The molecule has 29 heavy (non-hydrogen) atoms. The second-order valence-electron chi connectivity index (χ2n) is 6.43. The van der Waals surface area contributed by atoms with Crippen LogP contribution in [0.1, 0.15) is 21.7 Å². The van der Waals surface area contributed by atoms with Crippen LogP contribution in [-0.4, -0.2) is 33.7 Å². The van der Waals surface area contributed by atoms with Crippen LogP contribution in [0.4, 0.5) is 11.4 Å². The lowest BCUT2D eigenvalue weighted by molar-refractivity contribution is -0.384. The molecule has 8 nitrogen and oxygen atoms in total. The van der Waals surface area contributed by atoms with Gasteiger partial charge in [-0.05, 0) is 50.2 Å². The molecule has 0 radical (unpaired) electrons. The van der Waals surface area contributed by atoms with Gasteiger partial charge < -0.3 is 10.6 Å². The van der Waals surface area contributed by atoms with Crippen molar-refractivity contribution < 1.29 is 9.72 Å². The summed E-state index contributed by atoms with van der Waals surface area (Å²) in [4.78, 5) is 22.5. The molecule has 1 aromatic heterocycles. The fourth-order valence-corrected chi connectivity index (χ4v) is 2.93. The number of non-ortho nitro benzene ring substituents is 1. The van der Waals surface area contributed by atoms with Gasteiger partial charge in [-0.15, -0.1) is 0 Å². The summed E-state index contributed by atoms with van der Waals surface area (Å²) in [7, 11) is 0. The maximum Gasteiger partial charge on any atom is 0.269 e. The Balaban J connectivity index is 1.52. The molecule has 2 aromatic carbocycles. The van der Waals surface area contributed by atoms with E-state index in [2.05, 4.69) is 15.7 Å². The zero-order valence-electron chi connectivity index (χ0n) is 16.0. The second kappa shape index (κ2) is 8.74. The van der Waals surface area contributed by atoms with Gasteiger partial charge in [-0.2, -0.15) is 5.10 Å². The highest BCUT2D eigenvalue weighted by Crippen LogP contribution is 2.22. The molecule has 0 aliphatic heterocycles. The summed E-state index contributed by atoms with van der Waals surface area (Å²) in [6.45, 7) is 4.63. The summed E-state index contributed by atoms with van der Waals surface area (Å²) in [5.74, 6) is -0.187. The van der Waals surface area contributed by atoms with Crippen molar-refractivity contribution in [3.63, 3.8) is 0 Å². The van der Waals surface area contributed by atoms with E-state index in [0.717, 1.165) is 22.8 Å². The highest BCUT2D eigenvalue weighted by Gasteiger charge is 2.11. The molecule has 9 heteroatoms. The molecule has 0 saturated carbocycles. The monoisotopic (exact) mass is 413 g/mol. The molecule has 3 aromatic rings. The van der Waals surface area contributed by atoms with Gasteiger partial charge >= 0.3 is 0 Å². The van der Waals surface area contributed by atoms with Crippen LogP contribution >= 0.6 is 11.6 Å². The standard InChI is InChI=1S/C20H20ClN5O3/c1-13-19(21)14(2)25(24-13)17-7-3-15(4-8-17)20(27)23-12-11-22-16-5-9-18(10-6-16)26(28)29/h3-10,22H,11-12H2,1-2H3,(H,23,27). The number of anilines is 1. The van der Waals surface area contributed by atoms with Crippen LogP contribution in [0.25, 0.3) is 5.69 Å². The quantitative estimate of drug-likeness (QED) is 0.347. The van der Waals surface area contributed by atoms with E-state index in [4.69, 9.17) is 11.6 Å². The molecule has 0 saturated heterocycles. The number of carbonyl (C=O) groups excluding carboxylic acids is 1. The zero-order valence-corrected chi connectivity index (χ0v) is 16.7. The molecule has 1 heterocycles. The van der Waals surface area contributed by atoms with Crippen molar-refractivity contribution in [2.75, 3.05) is 18.4 Å². The van der Waals surface area contributed by atoms with Gasteiger partial charge in [-0.3, -0.25) is 14.9 Å². The Labute approximate surface area is 172 Å². The Kier molecular flexibility index (Phi) is 6.13. The topological polar surface area (TPSA) is 102 Å². The summed E-state index contributed by atoms with van der Waals surface area (Å²) in [6.07, 6.45) is 0. The van der Waals surface area contributed by atoms with Crippen LogP contribution in [0.5, 0.6) is 0 Å². The van der Waals surface area contributed by atoms with Crippen molar-refractivity contribution in [3.05, 3.63) is 80.6 Å². The largest absolute Gasteiger partial charge is 0.383 e. The van der Waals surface area contributed by atoms with Crippen molar-refractivity contribution >= 4 is 28.9 Å². The highest BCUT2D eigenvalue weighted by molar-refractivity contribution is 6.31. The average Bonchev–Trinajstić information content (AvgIpc) is 2.99. The lowest BCUT2D eigenvalue weighted by Gasteiger charge is -2.09. The number of nitrogens with zero attached hydrogens (tertiary/aromatic N) is 3. The predicted molar refractivity (Wildman–Crippen MR) is 112 cm³/mol. The van der Waals surface area contributed by atoms with Crippen LogP contribution in [0, 0.1) is 24.0 Å². The Hall–Kier alpha value is -3.39. The van der Waals surface area contributed by atoms with Gasteiger partial charge in [0.2, 0.25) is 0 Å². The number of hydrogen-bond acceptors (Lipinski definition) is 5. The van der Waals surface area contributed by atoms with Crippen LogP contribution in [0.15, 0.2) is 48.5 Å². The van der Waals surface area contributed by atoms with Crippen LogP contribution in [0.2, 0.25) is 5.02 Å². The van der Waals surface area contributed by atoms with E-state index in [1.165, 1.54) is 12.1 Å². The van der Waals surface area contributed by atoms with Gasteiger partial charge in [0.15, 0.2) is 0 Å². The van der Waals surface area contributed by atoms with Gasteiger partial charge in [-0.1, -0.05) is 11.6 Å². The normalized spacial score (nSPS) is 10.6. The van der Waals surface area contributed by atoms with Gasteiger partial charge in [0.05, 0.1) is 27.0 Å². The first-order chi connectivity index (χ1) is 13.9. The van der Waals surface area contributed by atoms with E-state index >= 15 is 0 Å². The minimum Gasteiger partial charge on any atom is -0.383 e. The number of nitrogens with one attached hydrogen (secondary N) is 2. The Morgan fingerprint density at radius 1 is 1.10 bits per heavy atom. The van der Waals surface area contributed by atoms with Crippen molar-refractivity contribution in [1.29, 1.82) is 0 Å². The highest BCUT2D eigenvalue weighted by atomic mass is 35.5. The van der Waals surface area contributed by atoms with E-state index in [1.807, 2.05) is 26.0 Å². The number of hydrogen-bond donors (Lipinski definition) is 2. The molecule has 0 aliphatic rings. The lowest BCUT2D eigenvalue weighted by atomic mass is 10.2. The molecule has 0 bridgehead atoms. The Morgan fingerprint density at radius 2 is 1.76 bits per heavy atom. The van der Waals surface area contributed by atoms with Gasteiger partial charge in [0.1, 0.15) is 0 Å². The second-order valence-corrected chi connectivity index (χ2v) is 6.81. The number of carbonyl (C=O) groups is 1. The SMILES string of the molecule is Cc1nn(-c2ccc(C(=O)NCCNc3ccc([N+](=O)[O-])cc3)cc2)c(C)c1Cl. The molecule has 3 rings (SSSR count). The molecule has 0 atom stereocenters. The van der Waals surface area contributed by atoms with Crippen molar-refractivity contribution in [1.82, 2.24) is 15.1 Å². The molecule has 150 valence electrons. The third kappa shape index (κ3) is 4.72. The molecular weight excluding hydrogens is 394 g/mol. The first-order valence-electron chi connectivity index (χ1n) is 8.95. The zero-order chi connectivity index (χ0) is 21.0. The molecule has 0 spiro atoms. The fourth-order valence-electron chi connectivity index (χ4n) is 2.81. The fraction of sp³-hybridized carbons (Fsp3) is 0.200. The number of halogens is 1. The van der Waals surface area contributed by atoms with E-state index < -0.39 is 4.92 Å². The Morgan fingerprint density at radius 3 is 2.31 bits per heavy atom. The van der Waals surface area contributed by atoms with E-state index in [-0.39, 0.29) is 11.6 Å². The Bertz CT molecular complexity index is 1030. The summed E-state index contributed by atoms with van der Waals surface area (Å²) in [6, 6.07) is 13.2. The van der Waals surface area contributed by atoms with Crippen molar-refractivity contribution in [2.45, 2.75) is 13.8 Å². The van der Waals surface area contributed by atoms with Crippen LogP contribution in [0.3, 0.4) is 0 Å². The van der Waals surface area contributed by atoms with Gasteiger partial charge in [0, 0.05) is 36.5 Å². The smallest absolute Gasteiger partial charge is 0.269 e. The minimum atomic E-state index is -0.446. The molecule has 1 amide bonds. The number of rotatable bonds is 7. The van der Waals surface area contributed by atoms with E-state index in [1.54, 1.807) is 28.9 Å². The van der Waals surface area contributed by atoms with E-state index in [9.17, 15) is 14.9 Å². The molecule has 0 unspecified atom stereocenters. The molecule has 2 N–H and O–H groups in total. The summed E-state index contributed by atoms with van der Waals surface area (Å²) in [5.41, 5.74) is 3.75. The number of aromatic nitrogens is 2. The molecular formula is C20H20ClN5O3. The lowest BCUT2D eigenvalue weighted by Crippen LogP contribution is -2.28. The summed E-state index contributed by atoms with van der Waals surface area (Å²) < 4.78 is 1.74. The predicted octanol–water partition coefficient (Wildman–Crippen LogP) is 3.89. The minimum absolute atomic E-state index is 0.0371. The summed E-state index contributed by atoms with van der Waals surface area (Å²) >= 11 is 6.18. The van der Waals surface area contributed by atoms with Crippen molar-refractivity contribution in [3.8, 4) is 5.69 Å². The first-order valence-corrected chi connectivity index (χ1v) is 9.33. The number of benzene rings is 2. The third-order valence-corrected chi connectivity index (χ3v) is 4.94. The summed E-state index contributed by atoms with van der Waals surface area (Å²) in [5, 5.41) is 21.6. The van der Waals surface area contributed by atoms with Crippen LogP contribution in [-0.2, 0) is 0 Å². The average molecular weight is 414 g/mol. The third-order valence-electron chi connectivity index (χ3n) is 4.39. The first kappa shape index (κ1) is 20.3. The number of amides is 1. The maximum atomic E-state index is 12.3. The van der Waals surface area contributed by atoms with Crippen LogP contribution < -0.4 is 10.6 Å². The number of aryl methyl sites for hydroxylation is 1. The number of nitro benzene ring substituents is 1. The van der Waals surface area contributed by atoms with Gasteiger partial charge in [0.25, 0.3) is 11.6 Å².